The minimum Gasteiger partial charge on any atom is -0.492 e. The topological polar surface area (TPSA) is 41.6 Å². The molecule has 1 amide bonds. The lowest BCUT2D eigenvalue weighted by molar-refractivity contribution is 0.0941. The quantitative estimate of drug-likeness (QED) is 0.643. The van der Waals surface area contributed by atoms with Gasteiger partial charge in [0.1, 0.15) is 5.75 Å². The summed E-state index contributed by atoms with van der Waals surface area (Å²) in [5.74, 6) is 1.69. The minimum atomic E-state index is 0.00639. The SMILES string of the molecule is CCc1cccc(-c2cccc(C(=O)NCC3CCCN3CC)c2)c1OCC1CC1. The third kappa shape index (κ3) is 4.86. The maximum atomic E-state index is 12.9. The number of nitrogens with one attached hydrogen (secondary N) is 1. The highest BCUT2D eigenvalue weighted by Gasteiger charge is 2.24. The van der Waals surface area contributed by atoms with Gasteiger partial charge in [-0.3, -0.25) is 9.69 Å². The number of nitrogens with zero attached hydrogens (tertiary/aromatic N) is 1. The molecule has 0 aromatic heterocycles. The van der Waals surface area contributed by atoms with Gasteiger partial charge in [-0.05, 0) is 74.4 Å². The summed E-state index contributed by atoms with van der Waals surface area (Å²) in [5, 5.41) is 3.16. The van der Waals surface area contributed by atoms with Crippen molar-refractivity contribution < 1.29 is 9.53 Å². The Hall–Kier alpha value is -2.33. The monoisotopic (exact) mass is 406 g/mol. The van der Waals surface area contributed by atoms with Crippen LogP contribution in [0.1, 0.15) is 55.5 Å². The molecule has 30 heavy (non-hydrogen) atoms. The molecule has 2 aromatic carbocycles. The van der Waals surface area contributed by atoms with Crippen LogP contribution in [0.4, 0.5) is 0 Å². The summed E-state index contributed by atoms with van der Waals surface area (Å²) >= 11 is 0. The zero-order valence-electron chi connectivity index (χ0n) is 18.3. The van der Waals surface area contributed by atoms with Gasteiger partial charge in [-0.25, -0.2) is 0 Å². The Kier molecular flexibility index (Phi) is 6.73. The molecule has 4 nitrogen and oxygen atoms in total. The Morgan fingerprint density at radius 3 is 2.73 bits per heavy atom. The number of hydrogen-bond donors (Lipinski definition) is 1. The fourth-order valence-electron chi connectivity index (χ4n) is 4.43. The molecule has 160 valence electrons. The molecule has 2 aliphatic rings. The molecule has 0 spiro atoms. The van der Waals surface area contributed by atoms with Gasteiger partial charge in [0.25, 0.3) is 5.91 Å². The lowest BCUT2D eigenvalue weighted by Gasteiger charge is -2.23. The van der Waals surface area contributed by atoms with Gasteiger partial charge in [0.15, 0.2) is 0 Å². The zero-order chi connectivity index (χ0) is 20.9. The van der Waals surface area contributed by atoms with E-state index in [-0.39, 0.29) is 5.91 Å². The summed E-state index contributed by atoms with van der Waals surface area (Å²) in [7, 11) is 0. The number of likely N-dealkylation sites (N-methyl/N-ethyl adjacent to an activating group) is 1. The van der Waals surface area contributed by atoms with E-state index >= 15 is 0 Å². The van der Waals surface area contributed by atoms with Crippen LogP contribution in [0.15, 0.2) is 42.5 Å². The van der Waals surface area contributed by atoms with Gasteiger partial charge in [0, 0.05) is 23.7 Å². The van der Waals surface area contributed by atoms with Crippen LogP contribution in [0, 0.1) is 5.92 Å². The van der Waals surface area contributed by atoms with Crippen molar-refractivity contribution in [2.24, 2.45) is 5.92 Å². The largest absolute Gasteiger partial charge is 0.492 e. The molecule has 1 N–H and O–H groups in total. The van der Waals surface area contributed by atoms with Gasteiger partial charge < -0.3 is 10.1 Å². The Labute approximate surface area is 180 Å². The predicted octanol–water partition coefficient (Wildman–Crippen LogP) is 4.92. The number of aryl methyl sites for hydroxylation is 1. The third-order valence-electron chi connectivity index (χ3n) is 6.48. The van der Waals surface area contributed by atoms with Gasteiger partial charge >= 0.3 is 0 Å². The first-order valence-electron chi connectivity index (χ1n) is 11.6. The smallest absolute Gasteiger partial charge is 0.251 e. The van der Waals surface area contributed by atoms with E-state index in [0.29, 0.717) is 17.5 Å². The molecule has 1 aliphatic carbocycles. The molecular formula is C26H34N2O2. The number of ether oxygens (including phenoxy) is 1. The van der Waals surface area contributed by atoms with E-state index in [9.17, 15) is 4.79 Å². The van der Waals surface area contributed by atoms with Crippen molar-refractivity contribution in [2.45, 2.75) is 52.0 Å². The number of likely N-dealkylation sites (tertiary alicyclic amines) is 1. The first kappa shape index (κ1) is 20.9. The summed E-state index contributed by atoms with van der Waals surface area (Å²) in [6, 6.07) is 14.8. The number of carbonyl (C=O) groups is 1. The lowest BCUT2D eigenvalue weighted by Crippen LogP contribution is -2.40. The molecule has 1 aliphatic heterocycles. The molecule has 4 heteroatoms. The van der Waals surface area contributed by atoms with Crippen LogP contribution < -0.4 is 10.1 Å². The molecule has 0 bridgehead atoms. The van der Waals surface area contributed by atoms with Crippen molar-refractivity contribution in [3.05, 3.63) is 53.6 Å². The van der Waals surface area contributed by atoms with Gasteiger partial charge in [-0.1, -0.05) is 44.2 Å². The first-order valence-corrected chi connectivity index (χ1v) is 11.6. The van der Waals surface area contributed by atoms with Crippen molar-refractivity contribution in [1.82, 2.24) is 10.2 Å². The van der Waals surface area contributed by atoms with Crippen LogP contribution in [-0.4, -0.2) is 43.1 Å². The van der Waals surface area contributed by atoms with Crippen LogP contribution in [0.5, 0.6) is 5.75 Å². The summed E-state index contributed by atoms with van der Waals surface area (Å²) in [5.41, 5.74) is 4.06. The summed E-state index contributed by atoms with van der Waals surface area (Å²) in [6.45, 7) is 8.06. The Balaban J connectivity index is 1.50. The Morgan fingerprint density at radius 1 is 1.13 bits per heavy atom. The van der Waals surface area contributed by atoms with Crippen LogP contribution in [-0.2, 0) is 6.42 Å². The number of amides is 1. The average molecular weight is 407 g/mol. The summed E-state index contributed by atoms with van der Waals surface area (Å²) in [4.78, 5) is 15.3. The molecule has 1 atom stereocenters. The minimum absolute atomic E-state index is 0.00639. The van der Waals surface area contributed by atoms with Crippen molar-refractivity contribution in [2.75, 3.05) is 26.2 Å². The standard InChI is InChI=1S/C26H34N2O2/c1-3-20-8-6-12-24(25(20)30-18-19-13-14-19)21-9-5-10-22(16-21)26(29)27-17-23-11-7-15-28(23)4-2/h5-6,8-10,12,16,19,23H,3-4,7,11,13-15,17-18H2,1-2H3,(H,27,29). The number of rotatable bonds is 9. The van der Waals surface area contributed by atoms with Crippen LogP contribution in [0.2, 0.25) is 0 Å². The fourth-order valence-corrected chi connectivity index (χ4v) is 4.43. The molecule has 1 heterocycles. The second kappa shape index (κ2) is 9.65. The van der Waals surface area contributed by atoms with Crippen molar-refractivity contribution in [1.29, 1.82) is 0 Å². The molecule has 2 aromatic rings. The highest BCUT2D eigenvalue weighted by molar-refractivity contribution is 5.95. The number of hydrogen-bond acceptors (Lipinski definition) is 3. The summed E-state index contributed by atoms with van der Waals surface area (Å²) < 4.78 is 6.27. The zero-order valence-corrected chi connectivity index (χ0v) is 18.3. The number of para-hydroxylation sites is 1. The normalized spacial score (nSPS) is 19.1. The molecule has 1 saturated heterocycles. The second-order valence-electron chi connectivity index (χ2n) is 8.62. The lowest BCUT2D eigenvalue weighted by atomic mass is 9.98. The highest BCUT2D eigenvalue weighted by Crippen LogP contribution is 2.36. The maximum absolute atomic E-state index is 12.9. The molecule has 1 unspecified atom stereocenters. The van der Waals surface area contributed by atoms with E-state index in [2.05, 4.69) is 48.3 Å². The van der Waals surface area contributed by atoms with Crippen molar-refractivity contribution in [3.63, 3.8) is 0 Å². The van der Waals surface area contributed by atoms with E-state index in [1.54, 1.807) is 0 Å². The van der Waals surface area contributed by atoms with Crippen LogP contribution >= 0.6 is 0 Å². The fraction of sp³-hybridized carbons (Fsp3) is 0.500. The molecule has 4 rings (SSSR count). The molecule has 0 radical (unpaired) electrons. The number of benzene rings is 2. The summed E-state index contributed by atoms with van der Waals surface area (Å²) in [6.07, 6.45) is 5.87. The van der Waals surface area contributed by atoms with E-state index in [0.717, 1.165) is 49.5 Å². The molecule has 2 fully saturated rings. The van der Waals surface area contributed by atoms with Gasteiger partial charge in [-0.15, -0.1) is 0 Å². The molecular weight excluding hydrogens is 372 g/mol. The number of carbonyl (C=O) groups excluding carboxylic acids is 1. The third-order valence-corrected chi connectivity index (χ3v) is 6.48. The van der Waals surface area contributed by atoms with Gasteiger partial charge in [-0.2, -0.15) is 0 Å². The van der Waals surface area contributed by atoms with Crippen molar-refractivity contribution >= 4 is 5.91 Å². The molecule has 1 saturated carbocycles. The van der Waals surface area contributed by atoms with Crippen molar-refractivity contribution in [3.8, 4) is 16.9 Å². The highest BCUT2D eigenvalue weighted by atomic mass is 16.5. The van der Waals surface area contributed by atoms with Gasteiger partial charge in [0.2, 0.25) is 0 Å². The van der Waals surface area contributed by atoms with E-state index in [1.807, 2.05) is 18.2 Å². The first-order chi connectivity index (χ1) is 14.7. The van der Waals surface area contributed by atoms with Crippen LogP contribution in [0.3, 0.4) is 0 Å². The average Bonchev–Trinajstić information content (AvgIpc) is 3.51. The van der Waals surface area contributed by atoms with E-state index < -0.39 is 0 Å². The Bertz CT molecular complexity index is 875. The van der Waals surface area contributed by atoms with E-state index in [1.165, 1.54) is 31.2 Å². The Morgan fingerprint density at radius 2 is 1.97 bits per heavy atom. The maximum Gasteiger partial charge on any atom is 0.251 e. The predicted molar refractivity (Wildman–Crippen MR) is 122 cm³/mol. The van der Waals surface area contributed by atoms with E-state index in [4.69, 9.17) is 4.74 Å². The second-order valence-corrected chi connectivity index (χ2v) is 8.62. The van der Waals surface area contributed by atoms with Gasteiger partial charge in [0.05, 0.1) is 6.61 Å². The van der Waals surface area contributed by atoms with Crippen LogP contribution in [0.25, 0.3) is 11.1 Å².